The summed E-state index contributed by atoms with van der Waals surface area (Å²) in [5.74, 6) is -3.18. The molecule has 3 aromatic rings. The zero-order valence-corrected chi connectivity index (χ0v) is 25.9. The van der Waals surface area contributed by atoms with E-state index in [1.165, 1.54) is 6.07 Å². The molecule has 0 bridgehead atoms. The molecule has 3 rings (SSSR count). The highest BCUT2D eigenvalue weighted by atomic mass is 19.1. The molecule has 0 saturated heterocycles. The van der Waals surface area contributed by atoms with Gasteiger partial charge in [-0.2, -0.15) is 0 Å². The van der Waals surface area contributed by atoms with E-state index < -0.39 is 35.6 Å². The van der Waals surface area contributed by atoms with Crippen molar-refractivity contribution in [1.82, 2.24) is 15.5 Å². The van der Waals surface area contributed by atoms with Crippen molar-refractivity contribution in [1.29, 1.82) is 0 Å². The number of aryl methyl sites for hydroxylation is 1. The second-order valence-corrected chi connectivity index (χ2v) is 11.3. The van der Waals surface area contributed by atoms with Crippen molar-refractivity contribution in [3.63, 3.8) is 0 Å². The number of amides is 3. The van der Waals surface area contributed by atoms with Gasteiger partial charge in [0.05, 0.1) is 12.1 Å². The third-order valence-electron chi connectivity index (χ3n) is 7.37. The number of aliphatic hydroxyl groups is 1. The Bertz CT molecular complexity index is 1390. The van der Waals surface area contributed by atoms with Crippen LogP contribution in [0.2, 0.25) is 0 Å². The fourth-order valence-electron chi connectivity index (χ4n) is 5.19. The van der Waals surface area contributed by atoms with Gasteiger partial charge in [-0.05, 0) is 79.6 Å². The van der Waals surface area contributed by atoms with Gasteiger partial charge in [0.2, 0.25) is 5.91 Å². The predicted molar refractivity (Wildman–Crippen MR) is 167 cm³/mol. The number of hydrogen-bond acceptors (Lipinski definition) is 4. The summed E-state index contributed by atoms with van der Waals surface area (Å²) in [6.45, 7) is 8.96. The molecule has 44 heavy (non-hydrogen) atoms. The first kappa shape index (κ1) is 34.4. The van der Waals surface area contributed by atoms with Crippen molar-refractivity contribution in [2.24, 2.45) is 5.92 Å². The Morgan fingerprint density at radius 3 is 2.09 bits per heavy atom. The maximum absolute atomic E-state index is 14.0. The summed E-state index contributed by atoms with van der Waals surface area (Å²) in [6.07, 6.45) is 0.280. The topological polar surface area (TPSA) is 98.7 Å². The van der Waals surface area contributed by atoms with E-state index in [2.05, 4.69) is 10.6 Å². The number of rotatable bonds is 15. The molecule has 0 unspecified atom stereocenters. The molecule has 9 heteroatoms. The lowest BCUT2D eigenvalue weighted by Crippen LogP contribution is -2.46. The SMILES string of the molecule is CCCN(CCC)C(=O)c1cc(C)cc(C(=O)N[C@@H](Cc2cc(F)cc(F)c2)[C@@H](O)C[C@@H](C)C(=O)NCc2ccccc2)c1. The lowest BCUT2D eigenvalue weighted by atomic mass is 9.93. The smallest absolute Gasteiger partial charge is 0.253 e. The fourth-order valence-corrected chi connectivity index (χ4v) is 5.19. The third kappa shape index (κ3) is 10.3. The Hall–Kier alpha value is -4.11. The average Bonchev–Trinajstić information content (AvgIpc) is 2.98. The van der Waals surface area contributed by atoms with Crippen molar-refractivity contribution in [3.8, 4) is 0 Å². The number of carbonyl (C=O) groups excluding carboxylic acids is 3. The van der Waals surface area contributed by atoms with E-state index in [1.54, 1.807) is 30.9 Å². The van der Waals surface area contributed by atoms with Gasteiger partial charge in [-0.1, -0.05) is 51.1 Å². The van der Waals surface area contributed by atoms with Gasteiger partial charge in [0, 0.05) is 42.7 Å². The van der Waals surface area contributed by atoms with Crippen LogP contribution in [0.4, 0.5) is 8.78 Å². The van der Waals surface area contributed by atoms with Crippen molar-refractivity contribution >= 4 is 17.7 Å². The molecule has 0 aliphatic carbocycles. The molecule has 3 N–H and O–H groups in total. The van der Waals surface area contributed by atoms with Crippen LogP contribution in [-0.2, 0) is 17.8 Å². The zero-order valence-electron chi connectivity index (χ0n) is 25.9. The van der Waals surface area contributed by atoms with Crippen LogP contribution in [0.5, 0.6) is 0 Å². The van der Waals surface area contributed by atoms with Crippen LogP contribution < -0.4 is 10.6 Å². The van der Waals surface area contributed by atoms with E-state index in [0.717, 1.165) is 36.6 Å². The number of hydrogen-bond donors (Lipinski definition) is 3. The molecule has 0 spiro atoms. The number of halogens is 2. The highest BCUT2D eigenvalue weighted by molar-refractivity contribution is 6.00. The lowest BCUT2D eigenvalue weighted by Gasteiger charge is -2.27. The van der Waals surface area contributed by atoms with E-state index in [1.807, 2.05) is 44.2 Å². The Morgan fingerprint density at radius 1 is 0.864 bits per heavy atom. The average molecular weight is 608 g/mol. The molecule has 0 aromatic heterocycles. The summed E-state index contributed by atoms with van der Waals surface area (Å²) < 4.78 is 28.0. The van der Waals surface area contributed by atoms with Crippen LogP contribution in [0.15, 0.2) is 66.7 Å². The molecule has 0 fully saturated rings. The summed E-state index contributed by atoms with van der Waals surface area (Å²) in [7, 11) is 0. The van der Waals surface area contributed by atoms with Gasteiger partial charge in [0.15, 0.2) is 0 Å². The third-order valence-corrected chi connectivity index (χ3v) is 7.37. The van der Waals surface area contributed by atoms with Gasteiger partial charge < -0.3 is 20.6 Å². The predicted octanol–water partition coefficient (Wildman–Crippen LogP) is 5.58. The number of nitrogens with zero attached hydrogens (tertiary/aromatic N) is 1. The van der Waals surface area contributed by atoms with Crippen LogP contribution in [-0.4, -0.2) is 53.0 Å². The summed E-state index contributed by atoms with van der Waals surface area (Å²) in [4.78, 5) is 41.4. The summed E-state index contributed by atoms with van der Waals surface area (Å²) >= 11 is 0. The number of carbonyl (C=O) groups is 3. The molecule has 3 amide bonds. The van der Waals surface area contributed by atoms with Gasteiger partial charge in [-0.3, -0.25) is 14.4 Å². The fraction of sp³-hybridized carbons (Fsp3) is 0.400. The minimum atomic E-state index is -1.22. The van der Waals surface area contributed by atoms with Crippen molar-refractivity contribution in [2.45, 2.75) is 72.1 Å². The molecular weight excluding hydrogens is 564 g/mol. The first-order valence-corrected chi connectivity index (χ1v) is 15.2. The van der Waals surface area contributed by atoms with Gasteiger partial charge in [-0.15, -0.1) is 0 Å². The van der Waals surface area contributed by atoms with E-state index in [9.17, 15) is 28.3 Å². The van der Waals surface area contributed by atoms with E-state index >= 15 is 0 Å². The standard InChI is InChI=1S/C35H43F2N3O4/c1-5-12-40(13-6-2)35(44)28-15-23(3)14-27(20-28)34(43)39-31(19-26-17-29(36)21-30(37)18-26)32(41)16-24(4)33(42)38-22-25-10-8-7-9-11-25/h7-11,14-15,17-18,20-21,24,31-32,41H,5-6,12-13,16,19,22H2,1-4H3,(H,38,42)(H,39,43)/t24-,31+,32+/m1/s1. The van der Waals surface area contributed by atoms with Gasteiger partial charge in [-0.25, -0.2) is 8.78 Å². The van der Waals surface area contributed by atoms with Crippen LogP contribution in [0.3, 0.4) is 0 Å². The summed E-state index contributed by atoms with van der Waals surface area (Å²) in [5.41, 5.74) is 2.47. The summed E-state index contributed by atoms with van der Waals surface area (Å²) in [5, 5.41) is 16.9. The largest absolute Gasteiger partial charge is 0.391 e. The molecule has 0 heterocycles. The Kier molecular flexibility index (Phi) is 13.0. The van der Waals surface area contributed by atoms with Crippen LogP contribution in [0.25, 0.3) is 0 Å². The molecule has 0 aliphatic heterocycles. The molecule has 0 radical (unpaired) electrons. The number of benzene rings is 3. The molecular formula is C35H43F2N3O4. The second kappa shape index (κ2) is 16.7. The number of aliphatic hydroxyl groups excluding tert-OH is 1. The van der Waals surface area contributed by atoms with Crippen LogP contribution in [0.1, 0.15) is 77.4 Å². The van der Waals surface area contributed by atoms with Crippen LogP contribution in [0, 0.1) is 24.5 Å². The maximum Gasteiger partial charge on any atom is 0.253 e. The molecule has 0 saturated carbocycles. The van der Waals surface area contributed by atoms with E-state index in [4.69, 9.17) is 0 Å². The Morgan fingerprint density at radius 2 is 1.48 bits per heavy atom. The van der Waals surface area contributed by atoms with Crippen molar-refractivity contribution < 1.29 is 28.3 Å². The van der Waals surface area contributed by atoms with Crippen LogP contribution >= 0.6 is 0 Å². The second-order valence-electron chi connectivity index (χ2n) is 11.3. The van der Waals surface area contributed by atoms with Crippen molar-refractivity contribution in [2.75, 3.05) is 13.1 Å². The number of nitrogens with one attached hydrogen (secondary N) is 2. The minimum absolute atomic E-state index is 0.0100. The highest BCUT2D eigenvalue weighted by Gasteiger charge is 2.27. The monoisotopic (exact) mass is 607 g/mol. The highest BCUT2D eigenvalue weighted by Crippen LogP contribution is 2.18. The Labute approximate surface area is 258 Å². The molecule has 7 nitrogen and oxygen atoms in total. The maximum atomic E-state index is 14.0. The summed E-state index contributed by atoms with van der Waals surface area (Å²) in [6, 6.07) is 16.3. The van der Waals surface area contributed by atoms with Crippen molar-refractivity contribution in [3.05, 3.63) is 106 Å². The first-order chi connectivity index (χ1) is 21.0. The normalized spacial score (nSPS) is 13.1. The van der Waals surface area contributed by atoms with Gasteiger partial charge in [0.1, 0.15) is 11.6 Å². The van der Waals surface area contributed by atoms with Gasteiger partial charge in [0.25, 0.3) is 11.8 Å². The Balaban J connectivity index is 1.81. The molecule has 0 aliphatic rings. The minimum Gasteiger partial charge on any atom is -0.391 e. The van der Waals surface area contributed by atoms with E-state index in [-0.39, 0.29) is 35.8 Å². The molecule has 3 aromatic carbocycles. The zero-order chi connectivity index (χ0) is 32.2. The van der Waals surface area contributed by atoms with Gasteiger partial charge >= 0.3 is 0 Å². The molecule has 236 valence electrons. The quantitative estimate of drug-likeness (QED) is 0.210. The first-order valence-electron chi connectivity index (χ1n) is 15.2. The lowest BCUT2D eigenvalue weighted by molar-refractivity contribution is -0.125. The van der Waals surface area contributed by atoms with E-state index in [0.29, 0.717) is 30.8 Å². The molecule has 3 atom stereocenters.